The van der Waals surface area contributed by atoms with Gasteiger partial charge >= 0.3 is 5.97 Å². The van der Waals surface area contributed by atoms with Gasteiger partial charge < -0.3 is 20.3 Å². The summed E-state index contributed by atoms with van der Waals surface area (Å²) >= 11 is 0. The number of carbonyl (C=O) groups is 2. The van der Waals surface area contributed by atoms with Crippen molar-refractivity contribution in [3.63, 3.8) is 0 Å². The van der Waals surface area contributed by atoms with E-state index in [4.69, 9.17) is 4.74 Å². The Morgan fingerprint density at radius 2 is 1.79 bits per heavy atom. The highest BCUT2D eigenvalue weighted by Crippen LogP contribution is 2.34. The molecular formula is C28H29NO5. The minimum atomic E-state index is -1.29. The van der Waals surface area contributed by atoms with Crippen molar-refractivity contribution >= 4 is 11.9 Å². The van der Waals surface area contributed by atoms with Crippen molar-refractivity contribution in [3.8, 4) is 5.75 Å². The van der Waals surface area contributed by atoms with Gasteiger partial charge in [0.15, 0.2) is 0 Å². The number of phenols is 1. The number of benzene rings is 3. The molecule has 0 saturated heterocycles. The number of aliphatic hydroxyl groups is 1. The molecule has 3 aromatic carbocycles. The number of cyclic esters (lactones) is 1. The van der Waals surface area contributed by atoms with Crippen molar-refractivity contribution in [2.75, 3.05) is 6.54 Å². The van der Waals surface area contributed by atoms with Crippen molar-refractivity contribution in [1.82, 2.24) is 5.32 Å². The molecule has 0 aliphatic carbocycles. The minimum Gasteiger partial charge on any atom is -0.508 e. The third-order valence-electron chi connectivity index (χ3n) is 6.30. The van der Waals surface area contributed by atoms with Gasteiger partial charge in [-0.3, -0.25) is 4.79 Å². The smallest absolute Gasteiger partial charge is 0.338 e. The lowest BCUT2D eigenvalue weighted by Crippen LogP contribution is -2.48. The Hall–Kier alpha value is -3.64. The summed E-state index contributed by atoms with van der Waals surface area (Å²) in [5.74, 6) is -0.694. The Balaban J connectivity index is 1.56. The Morgan fingerprint density at radius 3 is 2.53 bits per heavy atom. The molecule has 3 aromatic rings. The fourth-order valence-electron chi connectivity index (χ4n) is 4.65. The number of esters is 1. The number of hydrogen-bond donors (Lipinski definition) is 3. The van der Waals surface area contributed by atoms with Gasteiger partial charge in [0.25, 0.3) is 5.91 Å². The number of carbonyl (C=O) groups excluding carboxylic acids is 2. The van der Waals surface area contributed by atoms with E-state index in [1.165, 1.54) is 6.07 Å². The zero-order valence-electron chi connectivity index (χ0n) is 19.4. The van der Waals surface area contributed by atoms with Crippen LogP contribution in [-0.4, -0.2) is 34.2 Å². The van der Waals surface area contributed by atoms with Crippen molar-refractivity contribution in [2.45, 2.75) is 44.3 Å². The van der Waals surface area contributed by atoms with E-state index in [2.05, 4.69) is 19.2 Å². The number of fused-ring (bicyclic) bond motifs is 1. The van der Waals surface area contributed by atoms with Crippen LogP contribution >= 0.6 is 0 Å². The maximum Gasteiger partial charge on any atom is 0.338 e. The lowest BCUT2D eigenvalue weighted by molar-refractivity contribution is 0.0136. The van der Waals surface area contributed by atoms with E-state index in [1.54, 1.807) is 30.3 Å². The van der Waals surface area contributed by atoms with Gasteiger partial charge in [0.05, 0.1) is 11.2 Å². The Bertz CT molecular complexity index is 1200. The number of rotatable bonds is 8. The van der Waals surface area contributed by atoms with Gasteiger partial charge in [-0.05, 0) is 47.2 Å². The summed E-state index contributed by atoms with van der Waals surface area (Å²) in [6.45, 7) is 4.33. The third-order valence-corrected chi connectivity index (χ3v) is 6.30. The fraction of sp³-hybridized carbons (Fsp3) is 0.286. The summed E-state index contributed by atoms with van der Waals surface area (Å²) in [5.41, 5.74) is 1.65. The van der Waals surface area contributed by atoms with E-state index in [-0.39, 0.29) is 36.6 Å². The van der Waals surface area contributed by atoms with E-state index in [0.717, 1.165) is 16.7 Å². The average molecular weight is 460 g/mol. The minimum absolute atomic E-state index is 0.000710. The Kier molecular flexibility index (Phi) is 6.44. The zero-order valence-corrected chi connectivity index (χ0v) is 19.4. The van der Waals surface area contributed by atoms with Crippen LogP contribution in [0.5, 0.6) is 5.75 Å². The highest BCUT2D eigenvalue weighted by Gasteiger charge is 2.36. The summed E-state index contributed by atoms with van der Waals surface area (Å²) in [6, 6.07) is 21.6. The number of nitrogens with one attached hydrogen (secondary N) is 1. The molecule has 0 radical (unpaired) electrons. The zero-order chi connectivity index (χ0) is 24.3. The van der Waals surface area contributed by atoms with E-state index in [9.17, 15) is 19.8 Å². The van der Waals surface area contributed by atoms with Crippen molar-refractivity contribution < 1.29 is 24.5 Å². The molecule has 0 aromatic heterocycles. The molecular weight excluding hydrogens is 430 g/mol. The van der Waals surface area contributed by atoms with Crippen LogP contribution in [0.25, 0.3) is 0 Å². The third kappa shape index (κ3) is 5.29. The molecule has 1 aliphatic heterocycles. The lowest BCUT2D eigenvalue weighted by atomic mass is 9.73. The summed E-state index contributed by atoms with van der Waals surface area (Å²) in [7, 11) is 0. The summed E-state index contributed by atoms with van der Waals surface area (Å²) in [6.07, 6.45) is 0.616. The normalized spacial score (nSPS) is 14.7. The first-order valence-corrected chi connectivity index (χ1v) is 11.3. The quantitative estimate of drug-likeness (QED) is 0.440. The first kappa shape index (κ1) is 23.5. The molecule has 0 spiro atoms. The highest BCUT2D eigenvalue weighted by atomic mass is 16.5. The second-order valence-electron chi connectivity index (χ2n) is 9.63. The van der Waals surface area contributed by atoms with E-state index < -0.39 is 11.6 Å². The standard InChI is InChI=1S/C28H29NO5/c1-27(2,22-8-4-3-5-9-22)17-28(33,15-19-7-6-10-23(30)13-19)18-29-25(31)20-11-12-21-16-34-26(32)24(21)14-20/h3-14,30,33H,15-18H2,1-2H3,(H,29,31). The first-order chi connectivity index (χ1) is 16.2. The molecule has 6 nitrogen and oxygen atoms in total. The van der Waals surface area contributed by atoms with Crippen molar-refractivity contribution in [3.05, 3.63) is 101 Å². The second-order valence-corrected chi connectivity index (χ2v) is 9.63. The van der Waals surface area contributed by atoms with Crippen LogP contribution in [0.2, 0.25) is 0 Å². The molecule has 0 fully saturated rings. The van der Waals surface area contributed by atoms with Crippen LogP contribution in [0.15, 0.2) is 72.8 Å². The lowest BCUT2D eigenvalue weighted by Gasteiger charge is -2.37. The SMILES string of the molecule is CC(C)(CC(O)(CNC(=O)c1ccc2c(c1)C(=O)OC2)Cc1cccc(O)c1)c1ccccc1. The van der Waals surface area contributed by atoms with Gasteiger partial charge in [0.2, 0.25) is 0 Å². The number of ether oxygens (including phenoxy) is 1. The van der Waals surface area contributed by atoms with Gasteiger partial charge in [-0.25, -0.2) is 4.79 Å². The van der Waals surface area contributed by atoms with Crippen LogP contribution in [0.4, 0.5) is 0 Å². The van der Waals surface area contributed by atoms with Crippen LogP contribution in [-0.2, 0) is 23.2 Å². The number of aromatic hydroxyl groups is 1. The highest BCUT2D eigenvalue weighted by molar-refractivity contribution is 5.99. The molecule has 6 heteroatoms. The molecule has 0 saturated carbocycles. The topological polar surface area (TPSA) is 95.9 Å². The molecule has 1 atom stereocenters. The number of amides is 1. The van der Waals surface area contributed by atoms with E-state index in [1.807, 2.05) is 36.4 Å². The Morgan fingerprint density at radius 1 is 1.03 bits per heavy atom. The van der Waals surface area contributed by atoms with E-state index in [0.29, 0.717) is 17.5 Å². The van der Waals surface area contributed by atoms with Crippen LogP contribution in [0, 0.1) is 0 Å². The van der Waals surface area contributed by atoms with Gasteiger partial charge in [0, 0.05) is 24.1 Å². The van der Waals surface area contributed by atoms with Crippen LogP contribution in [0.1, 0.15) is 57.7 Å². The van der Waals surface area contributed by atoms with Gasteiger partial charge in [-0.15, -0.1) is 0 Å². The number of hydrogen-bond acceptors (Lipinski definition) is 5. The predicted molar refractivity (Wildman–Crippen MR) is 129 cm³/mol. The van der Waals surface area contributed by atoms with Crippen LogP contribution < -0.4 is 5.32 Å². The molecule has 0 bridgehead atoms. The van der Waals surface area contributed by atoms with Crippen molar-refractivity contribution in [1.29, 1.82) is 0 Å². The monoisotopic (exact) mass is 459 g/mol. The molecule has 34 heavy (non-hydrogen) atoms. The molecule has 1 aliphatic rings. The number of phenolic OH excluding ortho intramolecular Hbond substituents is 1. The summed E-state index contributed by atoms with van der Waals surface area (Å²) in [4.78, 5) is 24.8. The molecule has 1 unspecified atom stereocenters. The molecule has 4 rings (SSSR count). The Labute approximate surface area is 199 Å². The molecule has 176 valence electrons. The maximum atomic E-state index is 12.9. The average Bonchev–Trinajstić information content (AvgIpc) is 3.18. The van der Waals surface area contributed by atoms with Crippen molar-refractivity contribution in [2.24, 2.45) is 0 Å². The van der Waals surface area contributed by atoms with E-state index >= 15 is 0 Å². The molecule has 1 amide bonds. The van der Waals surface area contributed by atoms with Crippen LogP contribution in [0.3, 0.4) is 0 Å². The maximum absolute atomic E-state index is 12.9. The van der Waals surface area contributed by atoms with Gasteiger partial charge in [0.1, 0.15) is 12.4 Å². The predicted octanol–water partition coefficient (Wildman–Crippen LogP) is 4.13. The first-order valence-electron chi connectivity index (χ1n) is 11.3. The summed E-state index contributed by atoms with van der Waals surface area (Å²) < 4.78 is 5.01. The van der Waals surface area contributed by atoms with Gasteiger partial charge in [-0.2, -0.15) is 0 Å². The summed E-state index contributed by atoms with van der Waals surface area (Å²) in [5, 5.41) is 24.5. The largest absolute Gasteiger partial charge is 0.508 e. The fourth-order valence-corrected chi connectivity index (χ4v) is 4.65. The molecule has 3 N–H and O–H groups in total. The second kappa shape index (κ2) is 9.31. The molecule has 1 heterocycles. The van der Waals surface area contributed by atoms with Gasteiger partial charge in [-0.1, -0.05) is 62.4 Å².